The highest BCUT2D eigenvalue weighted by Gasteiger charge is 2.25. The van der Waals surface area contributed by atoms with Crippen molar-refractivity contribution in [2.24, 2.45) is 17.7 Å². The van der Waals surface area contributed by atoms with Crippen molar-refractivity contribution in [3.8, 4) is 0 Å². The Balaban J connectivity index is 2.56. The molecule has 0 aromatic rings. The Morgan fingerprint density at radius 2 is 2.20 bits per heavy atom. The number of nitrogens with one attached hydrogen (secondary N) is 1. The molecule has 0 aliphatic heterocycles. The molecule has 3 atom stereocenters. The summed E-state index contributed by atoms with van der Waals surface area (Å²) in [6, 6.07) is 0.379. The Morgan fingerprint density at radius 3 is 2.73 bits per heavy atom. The van der Waals surface area contributed by atoms with Crippen LogP contribution in [0.4, 0.5) is 0 Å². The van der Waals surface area contributed by atoms with E-state index >= 15 is 0 Å². The molecular formula is C13H26N2. The fourth-order valence-electron chi connectivity index (χ4n) is 2.71. The van der Waals surface area contributed by atoms with Gasteiger partial charge in [0.05, 0.1) is 0 Å². The molecule has 2 nitrogen and oxygen atoms in total. The van der Waals surface area contributed by atoms with Gasteiger partial charge in [0.1, 0.15) is 0 Å². The van der Waals surface area contributed by atoms with Crippen LogP contribution in [0.25, 0.3) is 0 Å². The molecule has 0 aromatic carbocycles. The monoisotopic (exact) mass is 210 g/mol. The van der Waals surface area contributed by atoms with Crippen molar-refractivity contribution in [1.82, 2.24) is 5.43 Å². The van der Waals surface area contributed by atoms with Crippen molar-refractivity contribution >= 4 is 0 Å². The Hall–Kier alpha value is -0.340. The first-order chi connectivity index (χ1) is 7.17. The standard InChI is InChI=1S/C13H26N2/c1-4-11-6-5-7-12(9-11)13(15-14)8-10(2)3/h8,11-13,15H,4-7,9,14H2,1-3H3. The van der Waals surface area contributed by atoms with Crippen molar-refractivity contribution in [2.45, 2.75) is 58.9 Å². The molecule has 15 heavy (non-hydrogen) atoms. The van der Waals surface area contributed by atoms with Crippen LogP contribution in [-0.4, -0.2) is 6.04 Å². The van der Waals surface area contributed by atoms with Crippen molar-refractivity contribution in [2.75, 3.05) is 0 Å². The van der Waals surface area contributed by atoms with E-state index in [0.29, 0.717) is 6.04 Å². The largest absolute Gasteiger partial charge is 0.271 e. The van der Waals surface area contributed by atoms with Gasteiger partial charge in [0.2, 0.25) is 0 Å². The van der Waals surface area contributed by atoms with Gasteiger partial charge in [-0.1, -0.05) is 37.8 Å². The molecule has 2 heteroatoms. The second-order valence-electron chi connectivity index (χ2n) is 5.14. The van der Waals surface area contributed by atoms with Crippen molar-refractivity contribution < 1.29 is 0 Å². The first-order valence-electron chi connectivity index (χ1n) is 6.28. The third-order valence-corrected chi connectivity index (χ3v) is 3.61. The molecule has 0 bridgehead atoms. The number of allylic oxidation sites excluding steroid dienone is 1. The van der Waals surface area contributed by atoms with Gasteiger partial charge in [-0.2, -0.15) is 0 Å². The van der Waals surface area contributed by atoms with Gasteiger partial charge in [0.15, 0.2) is 0 Å². The summed E-state index contributed by atoms with van der Waals surface area (Å²) in [5.41, 5.74) is 4.33. The van der Waals surface area contributed by atoms with Crippen LogP contribution in [0, 0.1) is 11.8 Å². The molecule has 0 amide bonds. The smallest absolute Gasteiger partial charge is 0.0421 e. The van der Waals surface area contributed by atoms with Crippen LogP contribution in [0.3, 0.4) is 0 Å². The Bertz CT molecular complexity index is 207. The summed E-state index contributed by atoms with van der Waals surface area (Å²) in [7, 11) is 0. The maximum absolute atomic E-state index is 5.64. The van der Waals surface area contributed by atoms with E-state index in [4.69, 9.17) is 5.84 Å². The van der Waals surface area contributed by atoms with Gasteiger partial charge >= 0.3 is 0 Å². The van der Waals surface area contributed by atoms with E-state index in [-0.39, 0.29) is 0 Å². The molecule has 0 heterocycles. The van der Waals surface area contributed by atoms with Crippen LogP contribution in [0.15, 0.2) is 11.6 Å². The minimum absolute atomic E-state index is 0.379. The third-order valence-electron chi connectivity index (χ3n) is 3.61. The summed E-state index contributed by atoms with van der Waals surface area (Å²) in [6.45, 7) is 6.59. The highest BCUT2D eigenvalue weighted by Crippen LogP contribution is 2.33. The van der Waals surface area contributed by atoms with Gasteiger partial charge in [0, 0.05) is 6.04 Å². The zero-order valence-electron chi connectivity index (χ0n) is 10.4. The lowest BCUT2D eigenvalue weighted by Gasteiger charge is -2.32. The number of hydrazine groups is 1. The molecule has 1 saturated carbocycles. The zero-order chi connectivity index (χ0) is 11.3. The lowest BCUT2D eigenvalue weighted by atomic mass is 9.76. The van der Waals surface area contributed by atoms with Gasteiger partial charge in [-0.3, -0.25) is 11.3 Å². The molecule has 1 aliphatic rings. The van der Waals surface area contributed by atoms with E-state index < -0.39 is 0 Å². The lowest BCUT2D eigenvalue weighted by molar-refractivity contribution is 0.229. The predicted molar refractivity (Wildman–Crippen MR) is 66.3 cm³/mol. The van der Waals surface area contributed by atoms with E-state index in [0.717, 1.165) is 11.8 Å². The predicted octanol–water partition coefficient (Wildman–Crippen LogP) is 3.00. The summed E-state index contributed by atoms with van der Waals surface area (Å²) in [5.74, 6) is 7.31. The number of hydrogen-bond acceptors (Lipinski definition) is 2. The van der Waals surface area contributed by atoms with Gasteiger partial charge in [-0.25, -0.2) is 0 Å². The van der Waals surface area contributed by atoms with E-state index in [9.17, 15) is 0 Å². The Morgan fingerprint density at radius 1 is 1.47 bits per heavy atom. The van der Waals surface area contributed by atoms with Gasteiger partial charge < -0.3 is 0 Å². The molecule has 0 saturated heterocycles. The molecule has 1 aliphatic carbocycles. The molecular weight excluding hydrogens is 184 g/mol. The van der Waals surface area contributed by atoms with Crippen LogP contribution >= 0.6 is 0 Å². The van der Waals surface area contributed by atoms with Crippen molar-refractivity contribution in [3.05, 3.63) is 11.6 Å². The number of hydrogen-bond donors (Lipinski definition) is 2. The fourth-order valence-corrected chi connectivity index (χ4v) is 2.71. The lowest BCUT2D eigenvalue weighted by Crippen LogP contribution is -2.41. The van der Waals surface area contributed by atoms with Crippen molar-refractivity contribution in [3.63, 3.8) is 0 Å². The maximum atomic E-state index is 5.64. The minimum Gasteiger partial charge on any atom is -0.271 e. The van der Waals surface area contributed by atoms with Crippen LogP contribution in [0.1, 0.15) is 52.9 Å². The highest BCUT2D eigenvalue weighted by molar-refractivity contribution is 5.03. The van der Waals surface area contributed by atoms with Crippen LogP contribution in [-0.2, 0) is 0 Å². The van der Waals surface area contributed by atoms with E-state index in [2.05, 4.69) is 32.3 Å². The number of rotatable bonds is 4. The molecule has 88 valence electrons. The molecule has 3 unspecified atom stereocenters. The second-order valence-corrected chi connectivity index (χ2v) is 5.14. The average Bonchev–Trinajstić information content (AvgIpc) is 2.25. The van der Waals surface area contributed by atoms with E-state index in [1.807, 2.05) is 0 Å². The third kappa shape index (κ3) is 3.96. The van der Waals surface area contributed by atoms with Gasteiger partial charge in [-0.05, 0) is 38.5 Å². The highest BCUT2D eigenvalue weighted by atomic mass is 15.2. The molecule has 0 aromatic heterocycles. The van der Waals surface area contributed by atoms with Gasteiger partial charge in [-0.15, -0.1) is 0 Å². The summed E-state index contributed by atoms with van der Waals surface area (Å²) < 4.78 is 0. The summed E-state index contributed by atoms with van der Waals surface area (Å²) in [5, 5.41) is 0. The summed E-state index contributed by atoms with van der Waals surface area (Å²) >= 11 is 0. The molecule has 1 rings (SSSR count). The minimum atomic E-state index is 0.379. The number of nitrogens with two attached hydrogens (primary N) is 1. The first kappa shape index (κ1) is 12.7. The maximum Gasteiger partial charge on any atom is 0.0421 e. The van der Waals surface area contributed by atoms with E-state index in [1.165, 1.54) is 37.7 Å². The molecule has 0 radical (unpaired) electrons. The molecule has 0 spiro atoms. The molecule has 1 fully saturated rings. The van der Waals surface area contributed by atoms with E-state index in [1.54, 1.807) is 0 Å². The van der Waals surface area contributed by atoms with Crippen LogP contribution < -0.4 is 11.3 Å². The normalized spacial score (nSPS) is 28.5. The first-order valence-corrected chi connectivity index (χ1v) is 6.28. The Kier molecular flexibility index (Phi) is 5.34. The average molecular weight is 210 g/mol. The van der Waals surface area contributed by atoms with Gasteiger partial charge in [0.25, 0.3) is 0 Å². The summed E-state index contributed by atoms with van der Waals surface area (Å²) in [4.78, 5) is 0. The summed E-state index contributed by atoms with van der Waals surface area (Å²) in [6.07, 6.45) is 9.06. The zero-order valence-corrected chi connectivity index (χ0v) is 10.4. The fraction of sp³-hybridized carbons (Fsp3) is 0.846. The topological polar surface area (TPSA) is 38.0 Å². The quantitative estimate of drug-likeness (QED) is 0.425. The van der Waals surface area contributed by atoms with Crippen LogP contribution in [0.2, 0.25) is 0 Å². The molecule has 3 N–H and O–H groups in total. The second kappa shape index (κ2) is 6.29. The SMILES string of the molecule is CCC1CCCC(C(C=C(C)C)NN)C1. The Labute approximate surface area is 94.3 Å². The van der Waals surface area contributed by atoms with Crippen LogP contribution in [0.5, 0.6) is 0 Å². The van der Waals surface area contributed by atoms with Crippen molar-refractivity contribution in [1.29, 1.82) is 0 Å².